The molecule has 0 saturated heterocycles. The quantitative estimate of drug-likeness (QED) is 0.797. The number of carbonyl (C=O) groups is 1. The molecular formula is C15H14N6O. The fourth-order valence-electron chi connectivity index (χ4n) is 1.91. The van der Waals surface area contributed by atoms with Crippen molar-refractivity contribution in [2.24, 2.45) is 0 Å². The molecule has 7 nitrogen and oxygen atoms in total. The fraction of sp³-hybridized carbons (Fsp3) is 0.133. The van der Waals surface area contributed by atoms with Gasteiger partial charge in [0.2, 0.25) is 0 Å². The van der Waals surface area contributed by atoms with Gasteiger partial charge >= 0.3 is 0 Å². The summed E-state index contributed by atoms with van der Waals surface area (Å²) in [5.74, 6) is 0.195. The standard InChI is InChI=1S/C15H14N6O/c1-10-3-4-12(7-11(10)2)18-15(22)13-5-6-14(20-19-13)21-9-16-8-17-21/h3-9H,1-2H3,(H,18,22). The van der Waals surface area contributed by atoms with Crippen molar-refractivity contribution in [1.82, 2.24) is 25.0 Å². The molecule has 2 heterocycles. The molecule has 0 saturated carbocycles. The van der Waals surface area contributed by atoms with Crippen molar-refractivity contribution >= 4 is 11.6 Å². The van der Waals surface area contributed by atoms with Crippen LogP contribution in [0, 0.1) is 13.8 Å². The number of nitrogens with zero attached hydrogens (tertiary/aromatic N) is 5. The third kappa shape index (κ3) is 2.83. The first-order valence-electron chi connectivity index (χ1n) is 6.71. The molecule has 7 heteroatoms. The Morgan fingerprint density at radius 2 is 1.95 bits per heavy atom. The summed E-state index contributed by atoms with van der Waals surface area (Å²) in [6.45, 7) is 4.02. The highest BCUT2D eigenvalue weighted by Crippen LogP contribution is 2.15. The van der Waals surface area contributed by atoms with Crippen molar-refractivity contribution < 1.29 is 4.79 Å². The Morgan fingerprint density at radius 1 is 1.09 bits per heavy atom. The summed E-state index contributed by atoms with van der Waals surface area (Å²) in [5.41, 5.74) is 3.26. The molecule has 0 aliphatic carbocycles. The summed E-state index contributed by atoms with van der Waals surface area (Å²) in [6.07, 6.45) is 2.92. The van der Waals surface area contributed by atoms with Gasteiger partial charge in [-0.2, -0.15) is 5.10 Å². The van der Waals surface area contributed by atoms with Gasteiger partial charge in [-0.3, -0.25) is 4.79 Å². The van der Waals surface area contributed by atoms with Gasteiger partial charge < -0.3 is 5.32 Å². The molecular weight excluding hydrogens is 280 g/mol. The predicted molar refractivity (Wildman–Crippen MR) is 80.8 cm³/mol. The number of anilines is 1. The monoisotopic (exact) mass is 294 g/mol. The van der Waals surface area contributed by atoms with E-state index in [2.05, 4.69) is 25.6 Å². The number of rotatable bonds is 3. The van der Waals surface area contributed by atoms with E-state index in [9.17, 15) is 4.79 Å². The Kier molecular flexibility index (Phi) is 3.61. The average molecular weight is 294 g/mol. The van der Waals surface area contributed by atoms with Gasteiger partial charge in [-0.15, -0.1) is 10.2 Å². The number of hydrogen-bond donors (Lipinski definition) is 1. The highest BCUT2D eigenvalue weighted by atomic mass is 16.1. The summed E-state index contributed by atoms with van der Waals surface area (Å²) >= 11 is 0. The Bertz CT molecular complexity index is 795. The van der Waals surface area contributed by atoms with E-state index in [0.717, 1.165) is 11.3 Å². The van der Waals surface area contributed by atoms with Gasteiger partial charge in [0.15, 0.2) is 11.5 Å². The minimum atomic E-state index is -0.305. The highest BCUT2D eigenvalue weighted by molar-refractivity contribution is 6.02. The molecule has 22 heavy (non-hydrogen) atoms. The lowest BCUT2D eigenvalue weighted by Gasteiger charge is -2.07. The summed E-state index contributed by atoms with van der Waals surface area (Å²) < 4.78 is 1.47. The van der Waals surface area contributed by atoms with E-state index in [1.807, 2.05) is 32.0 Å². The van der Waals surface area contributed by atoms with Gasteiger partial charge in [0.1, 0.15) is 12.7 Å². The lowest BCUT2D eigenvalue weighted by Crippen LogP contribution is -2.15. The second-order valence-electron chi connectivity index (χ2n) is 4.87. The largest absolute Gasteiger partial charge is 0.321 e. The molecule has 1 N–H and O–H groups in total. The van der Waals surface area contributed by atoms with Crippen LogP contribution in [0.4, 0.5) is 5.69 Å². The number of aromatic nitrogens is 5. The first-order chi connectivity index (χ1) is 10.6. The van der Waals surface area contributed by atoms with Crippen molar-refractivity contribution in [2.45, 2.75) is 13.8 Å². The van der Waals surface area contributed by atoms with Crippen LogP contribution >= 0.6 is 0 Å². The first-order valence-corrected chi connectivity index (χ1v) is 6.71. The van der Waals surface area contributed by atoms with E-state index in [-0.39, 0.29) is 11.6 Å². The normalized spacial score (nSPS) is 10.5. The van der Waals surface area contributed by atoms with Crippen LogP contribution in [0.2, 0.25) is 0 Å². The molecule has 0 unspecified atom stereocenters. The zero-order valence-corrected chi connectivity index (χ0v) is 12.2. The van der Waals surface area contributed by atoms with Crippen LogP contribution in [0.5, 0.6) is 0 Å². The molecule has 1 amide bonds. The average Bonchev–Trinajstić information content (AvgIpc) is 3.05. The van der Waals surface area contributed by atoms with E-state index in [1.165, 1.54) is 22.9 Å². The summed E-state index contributed by atoms with van der Waals surface area (Å²) in [4.78, 5) is 16.0. The van der Waals surface area contributed by atoms with E-state index >= 15 is 0 Å². The fourth-order valence-corrected chi connectivity index (χ4v) is 1.91. The number of amides is 1. The number of aryl methyl sites for hydroxylation is 2. The van der Waals surface area contributed by atoms with Crippen molar-refractivity contribution in [3.63, 3.8) is 0 Å². The minimum absolute atomic E-state index is 0.238. The van der Waals surface area contributed by atoms with E-state index in [1.54, 1.807) is 12.1 Å². The molecule has 0 atom stereocenters. The van der Waals surface area contributed by atoms with Crippen molar-refractivity contribution in [3.8, 4) is 5.82 Å². The number of hydrogen-bond acceptors (Lipinski definition) is 5. The minimum Gasteiger partial charge on any atom is -0.321 e. The molecule has 2 aromatic heterocycles. The molecule has 110 valence electrons. The van der Waals surface area contributed by atoms with E-state index in [4.69, 9.17) is 0 Å². The maximum atomic E-state index is 12.2. The lowest BCUT2D eigenvalue weighted by molar-refractivity contribution is 0.102. The highest BCUT2D eigenvalue weighted by Gasteiger charge is 2.10. The number of nitrogens with one attached hydrogen (secondary N) is 1. The predicted octanol–water partition coefficient (Wildman–Crippen LogP) is 1.93. The Labute approximate surface area is 127 Å². The third-order valence-electron chi connectivity index (χ3n) is 3.30. The lowest BCUT2D eigenvalue weighted by atomic mass is 10.1. The molecule has 1 aromatic carbocycles. The Balaban J connectivity index is 1.76. The van der Waals surface area contributed by atoms with Crippen molar-refractivity contribution in [2.75, 3.05) is 5.32 Å². The first kappa shape index (κ1) is 13.9. The number of carbonyl (C=O) groups excluding carboxylic acids is 1. The molecule has 0 aliphatic heterocycles. The Morgan fingerprint density at radius 3 is 2.59 bits per heavy atom. The van der Waals surface area contributed by atoms with E-state index < -0.39 is 0 Å². The summed E-state index contributed by atoms with van der Waals surface area (Å²) in [6, 6.07) is 9.00. The second-order valence-corrected chi connectivity index (χ2v) is 4.87. The zero-order chi connectivity index (χ0) is 15.5. The van der Waals surface area contributed by atoms with Gasteiger partial charge in [0, 0.05) is 5.69 Å². The van der Waals surface area contributed by atoms with Crippen LogP contribution in [0.15, 0.2) is 43.0 Å². The molecule has 0 radical (unpaired) electrons. The molecule has 0 aliphatic rings. The van der Waals surface area contributed by atoms with Crippen molar-refractivity contribution in [1.29, 1.82) is 0 Å². The van der Waals surface area contributed by atoms with Crippen LogP contribution in [-0.2, 0) is 0 Å². The van der Waals surface area contributed by atoms with E-state index in [0.29, 0.717) is 5.82 Å². The Hall–Kier alpha value is -3.09. The maximum absolute atomic E-state index is 12.2. The smallest absolute Gasteiger partial charge is 0.276 e. The zero-order valence-electron chi connectivity index (χ0n) is 12.2. The van der Waals surface area contributed by atoms with Crippen LogP contribution in [0.1, 0.15) is 21.6 Å². The summed E-state index contributed by atoms with van der Waals surface area (Å²) in [7, 11) is 0. The molecule has 3 aromatic rings. The van der Waals surface area contributed by atoms with Crippen LogP contribution < -0.4 is 5.32 Å². The molecule has 0 fully saturated rings. The topological polar surface area (TPSA) is 85.6 Å². The van der Waals surface area contributed by atoms with Gasteiger partial charge in [-0.25, -0.2) is 9.67 Å². The van der Waals surface area contributed by atoms with Gasteiger partial charge in [0.05, 0.1) is 0 Å². The van der Waals surface area contributed by atoms with Gasteiger partial charge in [-0.05, 0) is 49.2 Å². The summed E-state index contributed by atoms with van der Waals surface area (Å²) in [5, 5.41) is 14.6. The van der Waals surface area contributed by atoms with Crippen LogP contribution in [-0.4, -0.2) is 30.9 Å². The van der Waals surface area contributed by atoms with Crippen molar-refractivity contribution in [3.05, 3.63) is 59.8 Å². The maximum Gasteiger partial charge on any atom is 0.276 e. The number of benzene rings is 1. The van der Waals surface area contributed by atoms with Gasteiger partial charge in [-0.1, -0.05) is 6.07 Å². The second kappa shape index (κ2) is 5.72. The SMILES string of the molecule is Cc1ccc(NC(=O)c2ccc(-n3cncn3)nn2)cc1C. The third-order valence-corrected chi connectivity index (χ3v) is 3.30. The van der Waals surface area contributed by atoms with Crippen LogP contribution in [0.25, 0.3) is 5.82 Å². The molecule has 0 bridgehead atoms. The molecule has 0 spiro atoms. The molecule has 3 rings (SSSR count). The van der Waals surface area contributed by atoms with Gasteiger partial charge in [0.25, 0.3) is 5.91 Å². The van der Waals surface area contributed by atoms with Crippen LogP contribution in [0.3, 0.4) is 0 Å².